The lowest BCUT2D eigenvalue weighted by molar-refractivity contribution is 0.779. The molecule has 3 aromatic rings. The first-order valence-corrected chi connectivity index (χ1v) is 6.46. The second kappa shape index (κ2) is 5.11. The molecule has 2 aromatic carbocycles. The molecule has 0 bridgehead atoms. The molecule has 0 N–H and O–H groups in total. The van der Waals surface area contributed by atoms with Crippen molar-refractivity contribution in [2.75, 3.05) is 0 Å². The standard InChI is InChI=1S/C17H16N2/c1-14-12-18-17(16-10-6-3-7-11-16)19(14)13-15-8-4-2-5-9-15/h2-12H,13H2,1H3. The third-order valence-electron chi connectivity index (χ3n) is 3.27. The Morgan fingerprint density at radius 3 is 2.21 bits per heavy atom. The molecule has 1 aromatic heterocycles. The predicted molar refractivity (Wildman–Crippen MR) is 77.9 cm³/mol. The van der Waals surface area contributed by atoms with Crippen LogP contribution in [0.1, 0.15) is 11.3 Å². The quantitative estimate of drug-likeness (QED) is 0.687. The van der Waals surface area contributed by atoms with Gasteiger partial charge in [0.15, 0.2) is 0 Å². The van der Waals surface area contributed by atoms with Gasteiger partial charge in [-0.15, -0.1) is 0 Å². The highest BCUT2D eigenvalue weighted by atomic mass is 15.1. The van der Waals surface area contributed by atoms with Crippen LogP contribution in [-0.2, 0) is 6.54 Å². The minimum atomic E-state index is 0.858. The summed E-state index contributed by atoms with van der Waals surface area (Å²) >= 11 is 0. The van der Waals surface area contributed by atoms with Crippen molar-refractivity contribution in [1.29, 1.82) is 0 Å². The molecule has 0 atom stereocenters. The fourth-order valence-corrected chi connectivity index (χ4v) is 2.24. The van der Waals surface area contributed by atoms with Crippen LogP contribution in [0.2, 0.25) is 0 Å². The van der Waals surface area contributed by atoms with E-state index in [1.165, 1.54) is 11.3 Å². The largest absolute Gasteiger partial charge is 0.324 e. The molecule has 0 radical (unpaired) electrons. The molecule has 19 heavy (non-hydrogen) atoms. The van der Waals surface area contributed by atoms with Crippen LogP contribution in [0, 0.1) is 6.92 Å². The van der Waals surface area contributed by atoms with E-state index in [2.05, 4.69) is 52.9 Å². The first-order chi connectivity index (χ1) is 9.34. The predicted octanol–water partition coefficient (Wildman–Crippen LogP) is 3.91. The van der Waals surface area contributed by atoms with Crippen molar-refractivity contribution >= 4 is 0 Å². The number of aromatic nitrogens is 2. The second-order valence-electron chi connectivity index (χ2n) is 4.66. The molecule has 0 saturated carbocycles. The van der Waals surface area contributed by atoms with Crippen LogP contribution < -0.4 is 0 Å². The van der Waals surface area contributed by atoms with Crippen LogP contribution in [0.4, 0.5) is 0 Å². The molecule has 0 aliphatic heterocycles. The maximum Gasteiger partial charge on any atom is 0.140 e. The van der Waals surface area contributed by atoms with Gasteiger partial charge < -0.3 is 4.57 Å². The second-order valence-corrected chi connectivity index (χ2v) is 4.66. The minimum Gasteiger partial charge on any atom is -0.324 e. The van der Waals surface area contributed by atoms with E-state index < -0.39 is 0 Å². The number of rotatable bonds is 3. The highest BCUT2D eigenvalue weighted by Gasteiger charge is 2.09. The Hall–Kier alpha value is -2.35. The number of benzene rings is 2. The highest BCUT2D eigenvalue weighted by molar-refractivity contribution is 5.56. The molecule has 0 unspecified atom stereocenters. The van der Waals surface area contributed by atoms with Gasteiger partial charge in [0.2, 0.25) is 0 Å². The van der Waals surface area contributed by atoms with Gasteiger partial charge in [0, 0.05) is 24.0 Å². The third-order valence-corrected chi connectivity index (χ3v) is 3.27. The molecule has 2 nitrogen and oxygen atoms in total. The molecule has 2 heteroatoms. The smallest absolute Gasteiger partial charge is 0.140 e. The molecular formula is C17H16N2. The summed E-state index contributed by atoms with van der Waals surface area (Å²) in [4.78, 5) is 4.55. The lowest BCUT2D eigenvalue weighted by Gasteiger charge is -2.10. The van der Waals surface area contributed by atoms with Gasteiger partial charge in [-0.05, 0) is 12.5 Å². The maximum atomic E-state index is 4.55. The SMILES string of the molecule is Cc1cnc(-c2ccccc2)n1Cc1ccccc1. The summed E-state index contributed by atoms with van der Waals surface area (Å²) in [5, 5.41) is 0. The summed E-state index contributed by atoms with van der Waals surface area (Å²) < 4.78 is 2.25. The number of aryl methyl sites for hydroxylation is 1. The summed E-state index contributed by atoms with van der Waals surface area (Å²) in [5.41, 5.74) is 3.63. The summed E-state index contributed by atoms with van der Waals surface area (Å²) in [6.45, 7) is 2.96. The zero-order chi connectivity index (χ0) is 13.1. The van der Waals surface area contributed by atoms with Crippen molar-refractivity contribution in [3.05, 3.63) is 78.1 Å². The van der Waals surface area contributed by atoms with E-state index in [4.69, 9.17) is 0 Å². The first kappa shape index (κ1) is 11.7. The molecule has 0 fully saturated rings. The van der Waals surface area contributed by atoms with E-state index in [1.54, 1.807) is 0 Å². The van der Waals surface area contributed by atoms with Gasteiger partial charge >= 0.3 is 0 Å². The van der Waals surface area contributed by atoms with Gasteiger partial charge in [0.05, 0.1) is 0 Å². The highest BCUT2D eigenvalue weighted by Crippen LogP contribution is 2.20. The maximum absolute atomic E-state index is 4.55. The van der Waals surface area contributed by atoms with Crippen LogP contribution in [0.15, 0.2) is 66.9 Å². The Bertz CT molecular complexity index is 654. The van der Waals surface area contributed by atoms with Crippen molar-refractivity contribution in [2.24, 2.45) is 0 Å². The fourth-order valence-electron chi connectivity index (χ4n) is 2.24. The molecule has 3 rings (SSSR count). The van der Waals surface area contributed by atoms with E-state index in [0.717, 1.165) is 17.9 Å². The lowest BCUT2D eigenvalue weighted by Crippen LogP contribution is -2.03. The molecule has 0 aliphatic carbocycles. The zero-order valence-electron chi connectivity index (χ0n) is 11.0. The van der Waals surface area contributed by atoms with E-state index in [-0.39, 0.29) is 0 Å². The topological polar surface area (TPSA) is 17.8 Å². The zero-order valence-corrected chi connectivity index (χ0v) is 11.0. The minimum absolute atomic E-state index is 0.858. The normalized spacial score (nSPS) is 10.6. The number of imidazole rings is 1. The Labute approximate surface area is 113 Å². The van der Waals surface area contributed by atoms with Gasteiger partial charge in [-0.25, -0.2) is 4.98 Å². The average molecular weight is 248 g/mol. The first-order valence-electron chi connectivity index (χ1n) is 6.46. The van der Waals surface area contributed by atoms with Crippen molar-refractivity contribution < 1.29 is 0 Å². The molecule has 0 spiro atoms. The molecule has 0 aliphatic rings. The average Bonchev–Trinajstić information content (AvgIpc) is 2.82. The van der Waals surface area contributed by atoms with E-state index in [1.807, 2.05) is 30.5 Å². The van der Waals surface area contributed by atoms with Crippen LogP contribution in [0.25, 0.3) is 11.4 Å². The molecule has 0 saturated heterocycles. The number of hydrogen-bond acceptors (Lipinski definition) is 1. The molecule has 94 valence electrons. The lowest BCUT2D eigenvalue weighted by atomic mass is 10.2. The van der Waals surface area contributed by atoms with E-state index in [9.17, 15) is 0 Å². The number of hydrogen-bond donors (Lipinski definition) is 0. The van der Waals surface area contributed by atoms with Gasteiger partial charge in [-0.2, -0.15) is 0 Å². The molecule has 1 heterocycles. The third kappa shape index (κ3) is 2.43. The molecular weight excluding hydrogens is 232 g/mol. The summed E-state index contributed by atoms with van der Waals surface area (Å²) in [6.07, 6.45) is 1.94. The van der Waals surface area contributed by atoms with Gasteiger partial charge in [-0.1, -0.05) is 60.7 Å². The van der Waals surface area contributed by atoms with E-state index >= 15 is 0 Å². The summed E-state index contributed by atoms with van der Waals surface area (Å²) in [7, 11) is 0. The van der Waals surface area contributed by atoms with Crippen molar-refractivity contribution in [3.8, 4) is 11.4 Å². The summed E-state index contributed by atoms with van der Waals surface area (Å²) in [6, 6.07) is 20.8. The van der Waals surface area contributed by atoms with E-state index in [0.29, 0.717) is 0 Å². The number of nitrogens with zero attached hydrogens (tertiary/aromatic N) is 2. The van der Waals surface area contributed by atoms with Crippen molar-refractivity contribution in [1.82, 2.24) is 9.55 Å². The van der Waals surface area contributed by atoms with Crippen LogP contribution in [0.5, 0.6) is 0 Å². The summed E-state index contributed by atoms with van der Waals surface area (Å²) in [5.74, 6) is 1.03. The molecule has 0 amide bonds. The van der Waals surface area contributed by atoms with Crippen molar-refractivity contribution in [3.63, 3.8) is 0 Å². The monoisotopic (exact) mass is 248 g/mol. The Morgan fingerprint density at radius 1 is 0.895 bits per heavy atom. The van der Waals surface area contributed by atoms with Crippen LogP contribution in [-0.4, -0.2) is 9.55 Å². The Morgan fingerprint density at radius 2 is 1.53 bits per heavy atom. The Balaban J connectivity index is 2.00. The van der Waals surface area contributed by atoms with Crippen LogP contribution >= 0.6 is 0 Å². The van der Waals surface area contributed by atoms with Crippen LogP contribution in [0.3, 0.4) is 0 Å². The Kier molecular flexibility index (Phi) is 3.15. The van der Waals surface area contributed by atoms with Crippen molar-refractivity contribution in [2.45, 2.75) is 13.5 Å². The van der Waals surface area contributed by atoms with Gasteiger partial charge in [0.1, 0.15) is 5.82 Å². The van der Waals surface area contributed by atoms with Gasteiger partial charge in [-0.3, -0.25) is 0 Å². The van der Waals surface area contributed by atoms with Gasteiger partial charge in [0.25, 0.3) is 0 Å². The fraction of sp³-hybridized carbons (Fsp3) is 0.118.